The van der Waals surface area contributed by atoms with E-state index in [4.69, 9.17) is 13.9 Å². The van der Waals surface area contributed by atoms with Gasteiger partial charge >= 0.3 is 17.7 Å². The van der Waals surface area contributed by atoms with Gasteiger partial charge in [-0.2, -0.15) is 0 Å². The minimum atomic E-state index is -0.531. The lowest BCUT2D eigenvalue weighted by Gasteiger charge is -2.19. The summed E-state index contributed by atoms with van der Waals surface area (Å²) in [5.74, 6) is 0.0503. The lowest BCUT2D eigenvalue weighted by Crippen LogP contribution is -2.33. The van der Waals surface area contributed by atoms with E-state index in [9.17, 15) is 14.4 Å². The van der Waals surface area contributed by atoms with Crippen molar-refractivity contribution in [3.63, 3.8) is 0 Å². The number of nitrogens with one attached hydrogen (secondary N) is 1. The molecule has 36 heavy (non-hydrogen) atoms. The number of hydrogen-bond donors (Lipinski definition) is 1. The Labute approximate surface area is 211 Å². The molecule has 7 heteroatoms. The summed E-state index contributed by atoms with van der Waals surface area (Å²) in [4.78, 5) is 37.0. The molecule has 0 spiro atoms. The largest absolute Gasteiger partial charge is 0.444 e. The first kappa shape index (κ1) is 27.0. The summed E-state index contributed by atoms with van der Waals surface area (Å²) in [5.41, 5.74) is 2.62. The van der Waals surface area contributed by atoms with Crippen molar-refractivity contribution in [2.45, 2.75) is 72.3 Å². The van der Waals surface area contributed by atoms with Gasteiger partial charge in [0.15, 0.2) is 0 Å². The zero-order valence-corrected chi connectivity index (χ0v) is 21.7. The third-order valence-corrected chi connectivity index (χ3v) is 5.66. The molecule has 0 saturated carbocycles. The maximum absolute atomic E-state index is 12.7. The van der Waals surface area contributed by atoms with E-state index in [1.807, 2.05) is 65.0 Å². The Morgan fingerprint density at radius 3 is 2.42 bits per heavy atom. The standard InChI is InChI=1S/C29H35NO6/c1-19-16-23(34-25(31)14-10-7-11-15-30-28(33)36-29(3,4)5)26-20(2)22(27(32)35-24(26)17-19)18-21-12-8-6-9-13-21/h6,8-9,12-13,16-17H,7,10-11,14-15,18H2,1-5H3,(H,30,33). The lowest BCUT2D eigenvalue weighted by atomic mass is 9.98. The lowest BCUT2D eigenvalue weighted by molar-refractivity contribution is -0.134. The van der Waals surface area contributed by atoms with Crippen LogP contribution < -0.4 is 15.7 Å². The molecule has 0 radical (unpaired) electrons. The minimum Gasteiger partial charge on any atom is -0.444 e. The van der Waals surface area contributed by atoms with Gasteiger partial charge in [-0.05, 0) is 76.3 Å². The zero-order valence-electron chi connectivity index (χ0n) is 21.7. The smallest absolute Gasteiger partial charge is 0.407 e. The van der Waals surface area contributed by atoms with E-state index in [1.54, 1.807) is 12.1 Å². The highest BCUT2D eigenvalue weighted by molar-refractivity contribution is 5.90. The van der Waals surface area contributed by atoms with E-state index in [-0.39, 0.29) is 18.0 Å². The Balaban J connectivity index is 1.63. The summed E-state index contributed by atoms with van der Waals surface area (Å²) in [7, 11) is 0. The van der Waals surface area contributed by atoms with Crippen LogP contribution in [0.5, 0.6) is 5.75 Å². The molecule has 0 aliphatic carbocycles. The third-order valence-electron chi connectivity index (χ3n) is 5.66. The zero-order chi connectivity index (χ0) is 26.3. The van der Waals surface area contributed by atoms with Crippen molar-refractivity contribution in [2.75, 3.05) is 6.54 Å². The molecule has 0 unspecified atom stereocenters. The molecule has 0 bridgehead atoms. The van der Waals surface area contributed by atoms with Gasteiger partial charge in [-0.3, -0.25) is 4.79 Å². The average Bonchev–Trinajstić information content (AvgIpc) is 2.78. The Morgan fingerprint density at radius 2 is 1.72 bits per heavy atom. The van der Waals surface area contributed by atoms with Gasteiger partial charge in [0.25, 0.3) is 0 Å². The van der Waals surface area contributed by atoms with E-state index in [0.717, 1.165) is 29.5 Å². The second kappa shape index (κ2) is 11.9. The van der Waals surface area contributed by atoms with E-state index in [0.29, 0.717) is 41.7 Å². The molecule has 1 heterocycles. The molecule has 3 aromatic rings. The monoisotopic (exact) mass is 493 g/mol. The van der Waals surface area contributed by atoms with Crippen molar-refractivity contribution in [1.82, 2.24) is 5.32 Å². The van der Waals surface area contributed by atoms with Crippen LogP contribution in [-0.4, -0.2) is 24.2 Å². The number of aryl methyl sites for hydroxylation is 2. The maximum Gasteiger partial charge on any atom is 0.407 e. The fraction of sp³-hybridized carbons (Fsp3) is 0.414. The predicted molar refractivity (Wildman–Crippen MR) is 140 cm³/mol. The summed E-state index contributed by atoms with van der Waals surface area (Å²) < 4.78 is 16.6. The highest BCUT2D eigenvalue weighted by atomic mass is 16.6. The minimum absolute atomic E-state index is 0.245. The molecule has 0 aliphatic rings. The number of hydrogen-bond acceptors (Lipinski definition) is 6. The van der Waals surface area contributed by atoms with Crippen LogP contribution in [0.25, 0.3) is 11.0 Å². The number of amides is 1. The number of carbonyl (C=O) groups is 2. The van der Waals surface area contributed by atoms with Crippen LogP contribution in [0.4, 0.5) is 4.79 Å². The van der Waals surface area contributed by atoms with Gasteiger partial charge in [0, 0.05) is 24.9 Å². The van der Waals surface area contributed by atoms with Crippen molar-refractivity contribution >= 4 is 23.0 Å². The topological polar surface area (TPSA) is 94.8 Å². The summed E-state index contributed by atoms with van der Waals surface area (Å²) in [6, 6.07) is 13.3. The van der Waals surface area contributed by atoms with Crippen LogP contribution in [0, 0.1) is 13.8 Å². The molecule has 0 fully saturated rings. The van der Waals surface area contributed by atoms with Crippen LogP contribution in [0.15, 0.2) is 51.7 Å². The van der Waals surface area contributed by atoms with Crippen LogP contribution >= 0.6 is 0 Å². The highest BCUT2D eigenvalue weighted by Crippen LogP contribution is 2.32. The van der Waals surface area contributed by atoms with Crippen molar-refractivity contribution in [1.29, 1.82) is 0 Å². The summed E-state index contributed by atoms with van der Waals surface area (Å²) in [5, 5.41) is 3.35. The van der Waals surface area contributed by atoms with Crippen LogP contribution in [0.2, 0.25) is 0 Å². The fourth-order valence-electron chi connectivity index (χ4n) is 3.97. The molecule has 7 nitrogen and oxygen atoms in total. The first-order valence-corrected chi connectivity index (χ1v) is 12.3. The van der Waals surface area contributed by atoms with Gasteiger partial charge < -0.3 is 19.2 Å². The van der Waals surface area contributed by atoms with E-state index in [1.165, 1.54) is 0 Å². The van der Waals surface area contributed by atoms with Crippen molar-refractivity contribution in [3.8, 4) is 5.75 Å². The molecule has 1 N–H and O–H groups in total. The normalized spacial score (nSPS) is 11.4. The van der Waals surface area contributed by atoms with Crippen LogP contribution in [0.1, 0.15) is 68.7 Å². The summed E-state index contributed by atoms with van der Waals surface area (Å²) >= 11 is 0. The van der Waals surface area contributed by atoms with Crippen molar-refractivity contribution in [2.24, 2.45) is 0 Å². The Bertz CT molecular complexity index is 1270. The van der Waals surface area contributed by atoms with Gasteiger partial charge in [0.1, 0.15) is 16.9 Å². The first-order chi connectivity index (χ1) is 17.0. The second-order valence-corrected chi connectivity index (χ2v) is 10.0. The Hall–Kier alpha value is -3.61. The van der Waals surface area contributed by atoms with E-state index >= 15 is 0 Å². The molecule has 0 atom stereocenters. The number of benzene rings is 2. The number of unbranched alkanes of at least 4 members (excludes halogenated alkanes) is 2. The molecular formula is C29H35NO6. The molecule has 1 amide bonds. The molecule has 0 aliphatic heterocycles. The number of alkyl carbamates (subject to hydrolysis) is 1. The number of carbonyl (C=O) groups excluding carboxylic acids is 2. The fourth-order valence-corrected chi connectivity index (χ4v) is 3.97. The number of ether oxygens (including phenoxy) is 2. The predicted octanol–water partition coefficient (Wildman–Crippen LogP) is 5.99. The molecule has 0 saturated heterocycles. The van der Waals surface area contributed by atoms with E-state index < -0.39 is 11.7 Å². The van der Waals surface area contributed by atoms with Crippen LogP contribution in [0.3, 0.4) is 0 Å². The van der Waals surface area contributed by atoms with Gasteiger partial charge in [0.05, 0.1) is 5.39 Å². The molecule has 3 rings (SSSR count). The SMILES string of the molecule is Cc1cc(OC(=O)CCCCCNC(=O)OC(C)(C)C)c2c(C)c(Cc3ccccc3)c(=O)oc2c1. The highest BCUT2D eigenvalue weighted by Gasteiger charge is 2.18. The average molecular weight is 494 g/mol. The first-order valence-electron chi connectivity index (χ1n) is 12.3. The molecule has 192 valence electrons. The third kappa shape index (κ3) is 7.70. The van der Waals surface area contributed by atoms with Gasteiger partial charge in [0.2, 0.25) is 0 Å². The number of rotatable bonds is 9. The maximum atomic E-state index is 12.7. The summed E-state index contributed by atoms with van der Waals surface area (Å²) in [6.45, 7) is 9.65. The van der Waals surface area contributed by atoms with Gasteiger partial charge in [-0.25, -0.2) is 9.59 Å². The molecule has 1 aromatic heterocycles. The molecule has 2 aromatic carbocycles. The number of fused-ring (bicyclic) bond motifs is 1. The van der Waals surface area contributed by atoms with Gasteiger partial charge in [-0.15, -0.1) is 0 Å². The van der Waals surface area contributed by atoms with Gasteiger partial charge in [-0.1, -0.05) is 36.8 Å². The Kier molecular flexibility index (Phi) is 8.91. The summed E-state index contributed by atoms with van der Waals surface area (Å²) in [6.07, 6.45) is 2.35. The number of esters is 1. The Morgan fingerprint density at radius 1 is 1.00 bits per heavy atom. The van der Waals surface area contributed by atoms with Crippen LogP contribution in [-0.2, 0) is 16.0 Å². The van der Waals surface area contributed by atoms with E-state index in [2.05, 4.69) is 5.32 Å². The van der Waals surface area contributed by atoms with Crippen molar-refractivity contribution in [3.05, 3.63) is 75.1 Å². The van der Waals surface area contributed by atoms with Crippen molar-refractivity contribution < 1.29 is 23.5 Å². The quantitative estimate of drug-likeness (QED) is 0.170. The second-order valence-electron chi connectivity index (χ2n) is 10.0. The molecular weight excluding hydrogens is 458 g/mol.